The zero-order valence-electron chi connectivity index (χ0n) is 11.0. The van der Waals surface area contributed by atoms with Gasteiger partial charge in [0, 0.05) is 29.7 Å². The van der Waals surface area contributed by atoms with Crippen molar-refractivity contribution in [1.82, 2.24) is 15.0 Å². The van der Waals surface area contributed by atoms with Gasteiger partial charge in [-0.3, -0.25) is 0 Å². The molecule has 3 rings (SSSR count). The van der Waals surface area contributed by atoms with Gasteiger partial charge >= 0.3 is 0 Å². The molecule has 0 aliphatic heterocycles. The fraction of sp³-hybridized carbons (Fsp3) is 0.133. The lowest BCUT2D eigenvalue weighted by Crippen LogP contribution is -2.03. The first kappa shape index (κ1) is 12.2. The number of nitrogens with one attached hydrogen (secondary N) is 2. The molecule has 0 aliphatic rings. The van der Waals surface area contributed by atoms with E-state index in [-0.39, 0.29) is 0 Å². The zero-order valence-corrected chi connectivity index (χ0v) is 11.0. The Morgan fingerprint density at radius 1 is 1.30 bits per heavy atom. The molecular weight excluding hydrogens is 250 g/mol. The number of aromatic nitrogens is 3. The van der Waals surface area contributed by atoms with Gasteiger partial charge in [-0.1, -0.05) is 18.2 Å². The van der Waals surface area contributed by atoms with Crippen LogP contribution in [0.5, 0.6) is 0 Å². The highest BCUT2D eigenvalue weighted by Gasteiger charge is 2.04. The van der Waals surface area contributed by atoms with Crippen molar-refractivity contribution in [3.8, 4) is 6.07 Å². The van der Waals surface area contributed by atoms with Crippen molar-refractivity contribution >= 4 is 16.7 Å². The summed E-state index contributed by atoms with van der Waals surface area (Å²) in [4.78, 5) is 11.5. The first-order chi connectivity index (χ1) is 9.76. The van der Waals surface area contributed by atoms with Crippen molar-refractivity contribution in [2.75, 3.05) is 5.32 Å². The Hall–Kier alpha value is -2.87. The number of H-pyrrole nitrogens is 1. The summed E-state index contributed by atoms with van der Waals surface area (Å²) < 4.78 is 0. The van der Waals surface area contributed by atoms with Crippen molar-refractivity contribution in [2.45, 2.75) is 13.5 Å². The Bertz CT molecular complexity index is 797. The van der Waals surface area contributed by atoms with Crippen LogP contribution in [0.3, 0.4) is 0 Å². The standard InChI is InChI=1S/C15H13N5/c1-10-19-12(7-16)6-15(20-10)18-9-11-8-17-14-5-3-2-4-13(11)14/h2-6,8,17H,9H2,1H3,(H,18,19,20). The monoisotopic (exact) mass is 263 g/mol. The summed E-state index contributed by atoms with van der Waals surface area (Å²) in [7, 11) is 0. The number of benzene rings is 1. The van der Waals surface area contributed by atoms with Crippen LogP contribution in [0.2, 0.25) is 0 Å². The average molecular weight is 263 g/mol. The summed E-state index contributed by atoms with van der Waals surface area (Å²) in [6, 6.07) is 11.8. The first-order valence-corrected chi connectivity index (χ1v) is 6.31. The number of hydrogen-bond donors (Lipinski definition) is 2. The Kier molecular flexibility index (Phi) is 3.05. The van der Waals surface area contributed by atoms with E-state index in [9.17, 15) is 0 Å². The maximum atomic E-state index is 8.91. The highest BCUT2D eigenvalue weighted by molar-refractivity contribution is 5.83. The van der Waals surface area contributed by atoms with E-state index in [0.29, 0.717) is 23.9 Å². The van der Waals surface area contributed by atoms with Crippen LogP contribution in [-0.4, -0.2) is 15.0 Å². The topological polar surface area (TPSA) is 77.4 Å². The molecule has 0 unspecified atom stereocenters. The lowest BCUT2D eigenvalue weighted by molar-refractivity contribution is 1.01. The molecule has 1 aromatic carbocycles. The average Bonchev–Trinajstić information content (AvgIpc) is 2.88. The van der Waals surface area contributed by atoms with E-state index in [1.165, 1.54) is 5.39 Å². The molecule has 5 nitrogen and oxygen atoms in total. The fourth-order valence-corrected chi connectivity index (χ4v) is 2.18. The van der Waals surface area contributed by atoms with Crippen LogP contribution in [-0.2, 0) is 6.54 Å². The SMILES string of the molecule is Cc1nc(C#N)cc(NCc2c[nH]c3ccccc23)n1. The van der Waals surface area contributed by atoms with Crippen LogP contribution in [0.25, 0.3) is 10.9 Å². The first-order valence-electron chi connectivity index (χ1n) is 6.31. The van der Waals surface area contributed by atoms with Gasteiger partial charge in [0.05, 0.1) is 0 Å². The molecule has 0 aliphatic carbocycles. The van der Waals surface area contributed by atoms with E-state index in [1.807, 2.05) is 30.5 Å². The van der Waals surface area contributed by atoms with Crippen molar-refractivity contribution in [3.05, 3.63) is 53.6 Å². The third kappa shape index (κ3) is 2.31. The number of fused-ring (bicyclic) bond motifs is 1. The summed E-state index contributed by atoms with van der Waals surface area (Å²) in [5.74, 6) is 1.25. The number of anilines is 1. The van der Waals surface area contributed by atoms with E-state index in [2.05, 4.69) is 26.3 Å². The van der Waals surface area contributed by atoms with Crippen LogP contribution in [0.15, 0.2) is 36.5 Å². The second-order valence-electron chi connectivity index (χ2n) is 4.51. The maximum Gasteiger partial charge on any atom is 0.146 e. The number of nitrogens with zero attached hydrogens (tertiary/aromatic N) is 3. The summed E-state index contributed by atoms with van der Waals surface area (Å²) in [6.07, 6.45) is 1.98. The Labute approximate surface area is 116 Å². The van der Waals surface area contributed by atoms with E-state index < -0.39 is 0 Å². The van der Waals surface area contributed by atoms with Gasteiger partial charge in [0.2, 0.25) is 0 Å². The van der Waals surface area contributed by atoms with Crippen molar-refractivity contribution in [3.63, 3.8) is 0 Å². The third-order valence-corrected chi connectivity index (χ3v) is 3.09. The molecule has 3 aromatic rings. The van der Waals surface area contributed by atoms with Gasteiger partial charge in [0.25, 0.3) is 0 Å². The number of aromatic amines is 1. The van der Waals surface area contributed by atoms with Crippen LogP contribution in [0.4, 0.5) is 5.82 Å². The molecule has 0 radical (unpaired) electrons. The number of hydrogen-bond acceptors (Lipinski definition) is 4. The molecule has 0 amide bonds. The normalized spacial score (nSPS) is 10.4. The molecule has 2 N–H and O–H groups in total. The highest BCUT2D eigenvalue weighted by Crippen LogP contribution is 2.18. The predicted octanol–water partition coefficient (Wildman–Crippen LogP) is 2.75. The minimum Gasteiger partial charge on any atom is -0.366 e. The maximum absolute atomic E-state index is 8.91. The molecular formula is C15H13N5. The lowest BCUT2D eigenvalue weighted by Gasteiger charge is -2.05. The van der Waals surface area contributed by atoms with E-state index in [4.69, 9.17) is 5.26 Å². The van der Waals surface area contributed by atoms with Gasteiger partial charge in [-0.25, -0.2) is 9.97 Å². The van der Waals surface area contributed by atoms with Gasteiger partial charge in [-0.2, -0.15) is 5.26 Å². The lowest BCUT2D eigenvalue weighted by atomic mass is 10.2. The molecule has 98 valence electrons. The summed E-state index contributed by atoms with van der Waals surface area (Å²) in [5.41, 5.74) is 2.65. The number of aryl methyl sites for hydroxylation is 1. The van der Waals surface area contributed by atoms with Crippen LogP contribution >= 0.6 is 0 Å². The van der Waals surface area contributed by atoms with Gasteiger partial charge in [0.1, 0.15) is 23.4 Å². The molecule has 20 heavy (non-hydrogen) atoms. The Morgan fingerprint density at radius 2 is 2.15 bits per heavy atom. The highest BCUT2D eigenvalue weighted by atomic mass is 15.0. The number of nitriles is 1. The van der Waals surface area contributed by atoms with Crippen molar-refractivity contribution < 1.29 is 0 Å². The molecule has 5 heteroatoms. The largest absolute Gasteiger partial charge is 0.366 e. The minimum absolute atomic E-state index is 0.374. The number of rotatable bonds is 3. The van der Waals surface area contributed by atoms with E-state index in [1.54, 1.807) is 13.0 Å². The Morgan fingerprint density at radius 3 is 3.00 bits per heavy atom. The second-order valence-corrected chi connectivity index (χ2v) is 4.51. The smallest absolute Gasteiger partial charge is 0.146 e. The fourth-order valence-electron chi connectivity index (χ4n) is 2.18. The molecule has 0 saturated heterocycles. The van der Waals surface area contributed by atoms with Crippen LogP contribution < -0.4 is 5.32 Å². The summed E-state index contributed by atoms with van der Waals surface area (Å²) in [6.45, 7) is 2.42. The second kappa shape index (κ2) is 5.02. The van der Waals surface area contributed by atoms with Gasteiger partial charge in [-0.15, -0.1) is 0 Å². The van der Waals surface area contributed by atoms with Crippen molar-refractivity contribution in [2.24, 2.45) is 0 Å². The third-order valence-electron chi connectivity index (χ3n) is 3.09. The van der Waals surface area contributed by atoms with Gasteiger partial charge in [-0.05, 0) is 18.6 Å². The molecule has 2 aromatic heterocycles. The zero-order chi connectivity index (χ0) is 13.9. The van der Waals surface area contributed by atoms with Crippen LogP contribution in [0.1, 0.15) is 17.1 Å². The van der Waals surface area contributed by atoms with E-state index >= 15 is 0 Å². The minimum atomic E-state index is 0.374. The quantitative estimate of drug-likeness (QED) is 0.761. The molecule has 0 bridgehead atoms. The Balaban J connectivity index is 1.83. The number of para-hydroxylation sites is 1. The molecule has 0 atom stereocenters. The molecule has 2 heterocycles. The molecule has 0 saturated carbocycles. The van der Waals surface area contributed by atoms with E-state index in [0.717, 1.165) is 11.1 Å². The molecule has 0 spiro atoms. The summed E-state index contributed by atoms with van der Waals surface area (Å²) >= 11 is 0. The van der Waals surface area contributed by atoms with Crippen molar-refractivity contribution in [1.29, 1.82) is 5.26 Å². The van der Waals surface area contributed by atoms with Crippen LogP contribution in [0, 0.1) is 18.3 Å². The predicted molar refractivity (Wildman–Crippen MR) is 77.1 cm³/mol. The van der Waals surface area contributed by atoms with Gasteiger partial charge in [0.15, 0.2) is 0 Å². The van der Waals surface area contributed by atoms with Gasteiger partial charge < -0.3 is 10.3 Å². The molecule has 0 fully saturated rings. The summed E-state index contributed by atoms with van der Waals surface area (Å²) in [5, 5.41) is 13.3.